The number of amides is 1. The van der Waals surface area contributed by atoms with Crippen LogP contribution in [0.15, 0.2) is 67.0 Å². The Kier molecular flexibility index (Phi) is 6.84. The number of nitrogens with one attached hydrogen (secondary N) is 1. The van der Waals surface area contributed by atoms with Gasteiger partial charge in [-0.3, -0.25) is 9.48 Å². The molecule has 0 aliphatic rings. The van der Waals surface area contributed by atoms with Crippen molar-refractivity contribution in [1.29, 1.82) is 0 Å². The molecule has 1 amide bonds. The van der Waals surface area contributed by atoms with Crippen molar-refractivity contribution in [2.24, 2.45) is 5.92 Å². The largest absolute Gasteiger partial charge is 0.494 e. The van der Waals surface area contributed by atoms with Gasteiger partial charge in [0.1, 0.15) is 5.75 Å². The number of benzene rings is 2. The van der Waals surface area contributed by atoms with Crippen LogP contribution in [0.4, 0.5) is 0 Å². The number of ether oxygens (including phenoxy) is 1. The lowest BCUT2D eigenvalue weighted by Crippen LogP contribution is -2.23. The molecular weight excluding hydrogens is 350 g/mol. The number of carbonyl (C=O) groups excluding carboxylic acids is 1. The Hall–Kier alpha value is -3.08. The quantitative estimate of drug-likeness (QED) is 0.605. The predicted molar refractivity (Wildman–Crippen MR) is 110 cm³/mol. The molecule has 3 aromatic rings. The molecule has 2 aromatic carbocycles. The highest BCUT2D eigenvalue weighted by atomic mass is 16.5. The van der Waals surface area contributed by atoms with Gasteiger partial charge in [0.05, 0.1) is 13.2 Å². The van der Waals surface area contributed by atoms with E-state index < -0.39 is 0 Å². The average molecular weight is 377 g/mol. The normalized spacial score (nSPS) is 10.8. The van der Waals surface area contributed by atoms with Gasteiger partial charge in [-0.15, -0.1) is 0 Å². The van der Waals surface area contributed by atoms with E-state index >= 15 is 0 Å². The Labute approximate surface area is 166 Å². The summed E-state index contributed by atoms with van der Waals surface area (Å²) in [6.45, 7) is 6.19. The van der Waals surface area contributed by atoms with Gasteiger partial charge in [-0.25, -0.2) is 0 Å². The fraction of sp³-hybridized carbons (Fsp3) is 0.304. The van der Waals surface area contributed by atoms with Crippen LogP contribution in [0.3, 0.4) is 0 Å². The van der Waals surface area contributed by atoms with Crippen molar-refractivity contribution in [3.8, 4) is 5.75 Å². The van der Waals surface area contributed by atoms with Gasteiger partial charge in [-0.2, -0.15) is 5.10 Å². The molecule has 0 aliphatic carbocycles. The van der Waals surface area contributed by atoms with Crippen LogP contribution in [0.25, 0.3) is 0 Å². The van der Waals surface area contributed by atoms with Crippen molar-refractivity contribution in [1.82, 2.24) is 15.1 Å². The first-order chi connectivity index (χ1) is 13.6. The summed E-state index contributed by atoms with van der Waals surface area (Å²) in [7, 11) is 0. The zero-order chi connectivity index (χ0) is 19.8. The first kappa shape index (κ1) is 19.7. The van der Waals surface area contributed by atoms with E-state index in [0.717, 1.165) is 23.3 Å². The second-order valence-electron chi connectivity index (χ2n) is 7.21. The van der Waals surface area contributed by atoms with Crippen molar-refractivity contribution >= 4 is 5.91 Å². The first-order valence-corrected chi connectivity index (χ1v) is 9.67. The van der Waals surface area contributed by atoms with E-state index in [1.807, 2.05) is 47.3 Å². The third-order valence-corrected chi connectivity index (χ3v) is 4.53. The highest BCUT2D eigenvalue weighted by molar-refractivity contribution is 5.94. The van der Waals surface area contributed by atoms with Gasteiger partial charge < -0.3 is 10.1 Å². The van der Waals surface area contributed by atoms with Gasteiger partial charge in [-0.05, 0) is 53.8 Å². The third kappa shape index (κ3) is 5.71. The maximum Gasteiger partial charge on any atom is 0.251 e. The SMILES string of the molecule is CC(C)CCOc1ccc(C(=O)NCc2ccccc2Cn2cccn2)cc1. The van der Waals surface area contributed by atoms with Gasteiger partial charge in [0.25, 0.3) is 5.91 Å². The molecule has 0 spiro atoms. The standard InChI is InChI=1S/C23H27N3O2/c1-18(2)12-15-28-22-10-8-19(9-11-22)23(27)24-16-20-6-3-4-7-21(20)17-26-14-5-13-25-26/h3-11,13-14,18H,12,15-17H2,1-2H3,(H,24,27). The molecule has 0 bridgehead atoms. The predicted octanol–water partition coefficient (Wildman–Crippen LogP) is 4.29. The molecule has 1 heterocycles. The smallest absolute Gasteiger partial charge is 0.251 e. The lowest BCUT2D eigenvalue weighted by atomic mass is 10.1. The van der Waals surface area contributed by atoms with Crippen molar-refractivity contribution in [2.45, 2.75) is 33.4 Å². The second-order valence-corrected chi connectivity index (χ2v) is 7.21. The summed E-state index contributed by atoms with van der Waals surface area (Å²) in [5.41, 5.74) is 2.85. The van der Waals surface area contributed by atoms with Gasteiger partial charge in [0, 0.05) is 24.5 Å². The van der Waals surface area contributed by atoms with Crippen LogP contribution in [-0.4, -0.2) is 22.3 Å². The topological polar surface area (TPSA) is 56.1 Å². The van der Waals surface area contributed by atoms with Crippen molar-refractivity contribution in [3.05, 3.63) is 83.7 Å². The molecule has 0 atom stereocenters. The fourth-order valence-corrected chi connectivity index (χ4v) is 2.85. The van der Waals surface area contributed by atoms with Gasteiger partial charge >= 0.3 is 0 Å². The van der Waals surface area contributed by atoms with E-state index in [0.29, 0.717) is 31.2 Å². The van der Waals surface area contributed by atoms with Crippen LogP contribution in [0.2, 0.25) is 0 Å². The lowest BCUT2D eigenvalue weighted by Gasteiger charge is -2.12. The highest BCUT2D eigenvalue weighted by Crippen LogP contribution is 2.14. The fourth-order valence-electron chi connectivity index (χ4n) is 2.85. The molecule has 0 aliphatic heterocycles. The van der Waals surface area contributed by atoms with Crippen LogP contribution in [0, 0.1) is 5.92 Å². The lowest BCUT2D eigenvalue weighted by molar-refractivity contribution is 0.0951. The zero-order valence-electron chi connectivity index (χ0n) is 16.5. The molecule has 3 rings (SSSR count). The monoisotopic (exact) mass is 377 g/mol. The van der Waals surface area contributed by atoms with Crippen LogP contribution in [-0.2, 0) is 13.1 Å². The average Bonchev–Trinajstić information content (AvgIpc) is 3.20. The molecule has 146 valence electrons. The number of hydrogen-bond acceptors (Lipinski definition) is 3. The molecule has 1 aromatic heterocycles. The number of nitrogens with zero attached hydrogens (tertiary/aromatic N) is 2. The molecule has 5 heteroatoms. The summed E-state index contributed by atoms with van der Waals surface area (Å²) in [5, 5.41) is 7.26. The first-order valence-electron chi connectivity index (χ1n) is 9.67. The van der Waals surface area contributed by atoms with Crippen molar-refractivity contribution in [3.63, 3.8) is 0 Å². The molecular formula is C23H27N3O2. The minimum absolute atomic E-state index is 0.0948. The Balaban J connectivity index is 1.55. The Morgan fingerprint density at radius 1 is 1.07 bits per heavy atom. The Morgan fingerprint density at radius 2 is 1.82 bits per heavy atom. The van der Waals surface area contributed by atoms with Crippen molar-refractivity contribution < 1.29 is 9.53 Å². The summed E-state index contributed by atoms with van der Waals surface area (Å²) in [4.78, 5) is 12.5. The van der Waals surface area contributed by atoms with Gasteiger partial charge in [0.15, 0.2) is 0 Å². The van der Waals surface area contributed by atoms with E-state index in [1.165, 1.54) is 0 Å². The molecule has 0 fully saturated rings. The maximum atomic E-state index is 12.5. The molecule has 5 nitrogen and oxygen atoms in total. The zero-order valence-corrected chi connectivity index (χ0v) is 16.5. The maximum absolute atomic E-state index is 12.5. The molecule has 0 saturated carbocycles. The molecule has 1 N–H and O–H groups in total. The summed E-state index contributed by atoms with van der Waals surface area (Å²) in [6, 6.07) is 17.3. The van der Waals surface area contributed by atoms with Gasteiger partial charge in [-0.1, -0.05) is 38.1 Å². The van der Waals surface area contributed by atoms with E-state index in [2.05, 4.69) is 30.3 Å². The Morgan fingerprint density at radius 3 is 2.50 bits per heavy atom. The van der Waals surface area contributed by atoms with E-state index in [-0.39, 0.29) is 5.91 Å². The summed E-state index contributed by atoms with van der Waals surface area (Å²) >= 11 is 0. The van der Waals surface area contributed by atoms with Crippen LogP contribution in [0.1, 0.15) is 41.8 Å². The highest BCUT2D eigenvalue weighted by Gasteiger charge is 2.08. The van der Waals surface area contributed by atoms with E-state index in [4.69, 9.17) is 4.74 Å². The van der Waals surface area contributed by atoms with E-state index in [9.17, 15) is 4.79 Å². The molecule has 0 saturated heterocycles. The van der Waals surface area contributed by atoms with Crippen LogP contribution < -0.4 is 10.1 Å². The minimum Gasteiger partial charge on any atom is -0.494 e. The van der Waals surface area contributed by atoms with E-state index in [1.54, 1.807) is 18.3 Å². The Bertz CT molecular complexity index is 871. The number of hydrogen-bond donors (Lipinski definition) is 1. The molecule has 28 heavy (non-hydrogen) atoms. The summed E-state index contributed by atoms with van der Waals surface area (Å²) in [6.07, 6.45) is 4.71. The van der Waals surface area contributed by atoms with Crippen molar-refractivity contribution in [2.75, 3.05) is 6.61 Å². The van der Waals surface area contributed by atoms with Crippen LogP contribution >= 0.6 is 0 Å². The molecule has 0 unspecified atom stereocenters. The minimum atomic E-state index is -0.0948. The third-order valence-electron chi connectivity index (χ3n) is 4.53. The van der Waals surface area contributed by atoms with Crippen LogP contribution in [0.5, 0.6) is 5.75 Å². The number of rotatable bonds is 9. The number of carbonyl (C=O) groups is 1. The summed E-state index contributed by atoms with van der Waals surface area (Å²) < 4.78 is 7.58. The number of aromatic nitrogens is 2. The molecule has 0 radical (unpaired) electrons. The van der Waals surface area contributed by atoms with Gasteiger partial charge in [0.2, 0.25) is 0 Å². The second kappa shape index (κ2) is 9.74. The summed E-state index contributed by atoms with van der Waals surface area (Å²) in [5.74, 6) is 1.31.